The predicted molar refractivity (Wildman–Crippen MR) is 104 cm³/mol. The first-order chi connectivity index (χ1) is 9.58. The molecule has 6 heteroatoms. The molecule has 0 saturated carbocycles. The van der Waals surface area contributed by atoms with Crippen LogP contribution >= 0.6 is 35.3 Å². The summed E-state index contributed by atoms with van der Waals surface area (Å²) in [6, 6.07) is 0. The van der Waals surface area contributed by atoms with E-state index in [0.29, 0.717) is 0 Å². The third-order valence-corrected chi connectivity index (χ3v) is 4.24. The molecule has 1 N–H and O–H groups in total. The molecule has 0 fully saturated rings. The summed E-state index contributed by atoms with van der Waals surface area (Å²) in [6.45, 7) is 9.76. The van der Waals surface area contributed by atoms with Crippen molar-refractivity contribution >= 4 is 41.3 Å². The Morgan fingerprint density at radius 2 is 2.19 bits per heavy atom. The quantitative estimate of drug-likeness (QED) is 0.241. The number of rotatable bonds is 7. The summed E-state index contributed by atoms with van der Waals surface area (Å²) >= 11 is 1.78. The number of nitrogens with zero attached hydrogens (tertiary/aromatic N) is 3. The number of guanidine groups is 1. The van der Waals surface area contributed by atoms with Gasteiger partial charge in [0.15, 0.2) is 5.96 Å². The topological polar surface area (TPSA) is 40.5 Å². The van der Waals surface area contributed by atoms with Gasteiger partial charge in [0, 0.05) is 38.5 Å². The zero-order chi connectivity index (χ0) is 15.0. The van der Waals surface area contributed by atoms with Crippen molar-refractivity contribution in [2.45, 2.75) is 33.1 Å². The van der Waals surface area contributed by atoms with Gasteiger partial charge in [0.2, 0.25) is 0 Å². The molecular formula is C15H27IN4S. The molecule has 0 aliphatic heterocycles. The van der Waals surface area contributed by atoms with Gasteiger partial charge in [0.1, 0.15) is 0 Å². The van der Waals surface area contributed by atoms with E-state index in [2.05, 4.69) is 47.7 Å². The van der Waals surface area contributed by atoms with Gasteiger partial charge in [-0.05, 0) is 26.7 Å². The van der Waals surface area contributed by atoms with E-state index in [1.54, 1.807) is 11.3 Å². The van der Waals surface area contributed by atoms with Crippen LogP contribution in [0.3, 0.4) is 0 Å². The molecule has 1 heterocycles. The van der Waals surface area contributed by atoms with Crippen molar-refractivity contribution in [3.8, 4) is 0 Å². The Labute approximate surface area is 149 Å². The molecule has 0 radical (unpaired) electrons. The second kappa shape index (κ2) is 11.0. The van der Waals surface area contributed by atoms with E-state index >= 15 is 0 Å². The SMILES string of the molecule is C=CCCCN(C)C(=NC)NCCc1sc(C)nc1C.I. The minimum Gasteiger partial charge on any atom is -0.356 e. The van der Waals surface area contributed by atoms with Crippen LogP contribution in [0.5, 0.6) is 0 Å². The smallest absolute Gasteiger partial charge is 0.193 e. The van der Waals surface area contributed by atoms with Gasteiger partial charge < -0.3 is 10.2 Å². The van der Waals surface area contributed by atoms with Crippen LogP contribution in [0, 0.1) is 13.8 Å². The third kappa shape index (κ3) is 7.26. The Kier molecular flexibility index (Phi) is 10.7. The average molecular weight is 422 g/mol. The van der Waals surface area contributed by atoms with Crippen LogP contribution in [-0.2, 0) is 6.42 Å². The maximum absolute atomic E-state index is 4.45. The number of aliphatic imine (C=N–C) groups is 1. The minimum atomic E-state index is 0. The Hall–Kier alpha value is -0.630. The van der Waals surface area contributed by atoms with Gasteiger partial charge in [-0.15, -0.1) is 41.9 Å². The van der Waals surface area contributed by atoms with E-state index in [-0.39, 0.29) is 24.0 Å². The zero-order valence-corrected chi connectivity index (χ0v) is 16.6. The Morgan fingerprint density at radius 3 is 2.71 bits per heavy atom. The average Bonchev–Trinajstić information content (AvgIpc) is 2.73. The molecule has 4 nitrogen and oxygen atoms in total. The number of aryl methyl sites for hydroxylation is 2. The molecule has 1 rings (SSSR count). The van der Waals surface area contributed by atoms with Crippen LogP contribution in [0.2, 0.25) is 0 Å². The number of hydrogen-bond donors (Lipinski definition) is 1. The number of halogens is 1. The molecule has 1 aromatic heterocycles. The first-order valence-electron chi connectivity index (χ1n) is 7.04. The molecule has 1 aromatic rings. The first kappa shape index (κ1) is 20.4. The fraction of sp³-hybridized carbons (Fsp3) is 0.600. The lowest BCUT2D eigenvalue weighted by Crippen LogP contribution is -2.40. The standard InChI is InChI=1S/C15H26N4S.HI/c1-6-7-8-11-19(5)15(16-4)17-10-9-14-12(2)18-13(3)20-14;/h6H,1,7-11H2,2-5H3,(H,16,17);1H. The Morgan fingerprint density at radius 1 is 1.48 bits per heavy atom. The zero-order valence-electron chi connectivity index (χ0n) is 13.5. The van der Waals surface area contributed by atoms with Gasteiger partial charge in [-0.25, -0.2) is 4.98 Å². The molecule has 21 heavy (non-hydrogen) atoms. The molecule has 0 bridgehead atoms. The molecule has 0 atom stereocenters. The van der Waals surface area contributed by atoms with Gasteiger partial charge >= 0.3 is 0 Å². The number of hydrogen-bond acceptors (Lipinski definition) is 3. The lowest BCUT2D eigenvalue weighted by molar-refractivity contribution is 0.470. The van der Waals surface area contributed by atoms with Gasteiger partial charge in [-0.1, -0.05) is 6.08 Å². The van der Waals surface area contributed by atoms with Crippen molar-refractivity contribution in [1.82, 2.24) is 15.2 Å². The monoisotopic (exact) mass is 422 g/mol. The van der Waals surface area contributed by atoms with Gasteiger partial charge in [0.05, 0.1) is 10.7 Å². The number of thiazole rings is 1. The third-order valence-electron chi connectivity index (χ3n) is 3.11. The van der Waals surface area contributed by atoms with Crippen molar-refractivity contribution in [3.05, 3.63) is 28.2 Å². The van der Waals surface area contributed by atoms with E-state index < -0.39 is 0 Å². The molecular weight excluding hydrogens is 395 g/mol. The van der Waals surface area contributed by atoms with Gasteiger partial charge in [0.25, 0.3) is 0 Å². The number of allylic oxidation sites excluding steroid dienone is 1. The molecule has 0 saturated heterocycles. The first-order valence-corrected chi connectivity index (χ1v) is 7.85. The highest BCUT2D eigenvalue weighted by Crippen LogP contribution is 2.17. The van der Waals surface area contributed by atoms with Crippen LogP contribution in [0.15, 0.2) is 17.6 Å². The number of aromatic nitrogens is 1. The summed E-state index contributed by atoms with van der Waals surface area (Å²) in [6.07, 6.45) is 5.10. The molecule has 0 spiro atoms. The highest BCUT2D eigenvalue weighted by Gasteiger charge is 2.07. The molecule has 0 amide bonds. The largest absolute Gasteiger partial charge is 0.356 e. The molecule has 0 aromatic carbocycles. The van der Waals surface area contributed by atoms with Crippen LogP contribution in [0.25, 0.3) is 0 Å². The summed E-state index contributed by atoms with van der Waals surface area (Å²) in [7, 11) is 3.90. The highest BCUT2D eigenvalue weighted by molar-refractivity contribution is 14.0. The van der Waals surface area contributed by atoms with Crippen LogP contribution < -0.4 is 5.32 Å². The fourth-order valence-corrected chi connectivity index (χ4v) is 2.99. The van der Waals surface area contributed by atoms with Crippen molar-refractivity contribution in [2.75, 3.05) is 27.2 Å². The lowest BCUT2D eigenvalue weighted by atomic mass is 10.3. The van der Waals surface area contributed by atoms with Crippen LogP contribution in [0.4, 0.5) is 0 Å². The second-order valence-electron chi connectivity index (χ2n) is 4.82. The number of nitrogens with one attached hydrogen (secondary N) is 1. The second-order valence-corrected chi connectivity index (χ2v) is 6.11. The van der Waals surface area contributed by atoms with E-state index in [0.717, 1.165) is 49.0 Å². The van der Waals surface area contributed by atoms with E-state index in [1.807, 2.05) is 13.1 Å². The fourth-order valence-electron chi connectivity index (χ4n) is 2.06. The molecule has 120 valence electrons. The maximum atomic E-state index is 4.45. The maximum Gasteiger partial charge on any atom is 0.193 e. The minimum absolute atomic E-state index is 0. The normalized spacial score (nSPS) is 11.0. The highest BCUT2D eigenvalue weighted by atomic mass is 127. The predicted octanol–water partition coefficient (Wildman–Crippen LogP) is 3.39. The molecule has 0 unspecified atom stereocenters. The molecule has 0 aliphatic rings. The van der Waals surface area contributed by atoms with Crippen molar-refractivity contribution in [1.29, 1.82) is 0 Å². The number of unbranched alkanes of at least 4 members (excludes halogenated alkanes) is 1. The Balaban J connectivity index is 0.00000400. The van der Waals surface area contributed by atoms with Gasteiger partial charge in [-0.2, -0.15) is 0 Å². The summed E-state index contributed by atoms with van der Waals surface area (Å²) in [5.74, 6) is 0.952. The van der Waals surface area contributed by atoms with Crippen molar-refractivity contribution in [2.24, 2.45) is 4.99 Å². The van der Waals surface area contributed by atoms with Crippen LogP contribution in [-0.4, -0.2) is 43.0 Å². The van der Waals surface area contributed by atoms with E-state index in [4.69, 9.17) is 0 Å². The van der Waals surface area contributed by atoms with Crippen molar-refractivity contribution < 1.29 is 0 Å². The molecule has 0 aliphatic carbocycles. The Bertz CT molecular complexity index is 457. The lowest BCUT2D eigenvalue weighted by Gasteiger charge is -2.21. The van der Waals surface area contributed by atoms with Crippen molar-refractivity contribution in [3.63, 3.8) is 0 Å². The summed E-state index contributed by atoms with van der Waals surface area (Å²) in [4.78, 5) is 12.3. The van der Waals surface area contributed by atoms with E-state index in [9.17, 15) is 0 Å². The summed E-state index contributed by atoms with van der Waals surface area (Å²) in [5.41, 5.74) is 1.16. The van der Waals surface area contributed by atoms with Gasteiger partial charge in [-0.3, -0.25) is 4.99 Å². The van der Waals surface area contributed by atoms with E-state index in [1.165, 1.54) is 4.88 Å². The summed E-state index contributed by atoms with van der Waals surface area (Å²) in [5, 5.41) is 4.55. The van der Waals surface area contributed by atoms with Crippen LogP contribution in [0.1, 0.15) is 28.4 Å². The summed E-state index contributed by atoms with van der Waals surface area (Å²) < 4.78 is 0.